The highest BCUT2D eigenvalue weighted by atomic mass is 32.1. The molecule has 0 aliphatic carbocycles. The molecule has 6 heteroatoms. The van der Waals surface area contributed by atoms with Crippen LogP contribution in [-0.2, 0) is 0 Å². The molecular weight excluding hydrogens is 224 g/mol. The molecule has 2 rings (SSSR count). The molecule has 2 aromatic rings. The van der Waals surface area contributed by atoms with Gasteiger partial charge in [-0.2, -0.15) is 0 Å². The Bertz CT molecular complexity index is 426. The van der Waals surface area contributed by atoms with Gasteiger partial charge in [-0.15, -0.1) is 21.5 Å². The fraction of sp³-hybridized carbons (Fsp3) is 0.500. The van der Waals surface area contributed by atoms with E-state index >= 15 is 0 Å². The molecule has 0 bridgehead atoms. The van der Waals surface area contributed by atoms with Crippen molar-refractivity contribution in [3.05, 3.63) is 17.6 Å². The second kappa shape index (κ2) is 5.18. The molecule has 0 fully saturated rings. The van der Waals surface area contributed by atoms with Gasteiger partial charge in [-0.3, -0.25) is 4.98 Å². The van der Waals surface area contributed by atoms with Gasteiger partial charge in [-0.25, -0.2) is 0 Å². The van der Waals surface area contributed by atoms with Crippen LogP contribution in [0.15, 0.2) is 16.1 Å². The Hall–Kier alpha value is -1.27. The third kappa shape index (κ3) is 2.45. The monoisotopic (exact) mass is 238 g/mol. The van der Waals surface area contributed by atoms with Crippen LogP contribution in [0.4, 0.5) is 0 Å². The highest BCUT2D eigenvalue weighted by molar-refractivity contribution is 7.13. The van der Waals surface area contributed by atoms with Crippen LogP contribution in [-0.4, -0.2) is 21.7 Å². The summed E-state index contributed by atoms with van der Waals surface area (Å²) in [5.74, 6) is 1.17. The van der Waals surface area contributed by atoms with Crippen LogP contribution < -0.4 is 5.32 Å². The Kier molecular flexibility index (Phi) is 3.63. The zero-order valence-electron chi connectivity index (χ0n) is 9.30. The maximum Gasteiger partial charge on any atom is 0.259 e. The second-order valence-corrected chi connectivity index (χ2v) is 4.37. The van der Waals surface area contributed by atoms with Gasteiger partial charge in [0, 0.05) is 0 Å². The smallest absolute Gasteiger partial charge is 0.259 e. The zero-order chi connectivity index (χ0) is 11.4. The molecule has 1 unspecified atom stereocenters. The predicted octanol–water partition coefficient (Wildman–Crippen LogP) is 2.25. The first-order chi connectivity index (χ1) is 7.81. The standard InChI is InChI=1S/C10H14N4OS/c1-3-4-12-7(2)9-13-14-10(15-9)8-5-11-6-16-8/h5-7,12H,3-4H2,1-2H3. The summed E-state index contributed by atoms with van der Waals surface area (Å²) in [7, 11) is 0. The number of nitrogens with one attached hydrogen (secondary N) is 1. The molecule has 0 aliphatic rings. The number of nitrogens with zero attached hydrogens (tertiary/aromatic N) is 3. The Morgan fingerprint density at radius 2 is 2.38 bits per heavy atom. The van der Waals surface area contributed by atoms with Crippen molar-refractivity contribution in [2.24, 2.45) is 0 Å². The molecule has 2 aromatic heterocycles. The Morgan fingerprint density at radius 3 is 3.06 bits per heavy atom. The van der Waals surface area contributed by atoms with Crippen molar-refractivity contribution in [3.63, 3.8) is 0 Å². The molecule has 0 spiro atoms. The molecule has 0 radical (unpaired) electrons. The lowest BCUT2D eigenvalue weighted by Crippen LogP contribution is -2.19. The lowest BCUT2D eigenvalue weighted by Gasteiger charge is -2.07. The number of rotatable bonds is 5. The normalized spacial score (nSPS) is 12.9. The van der Waals surface area contributed by atoms with Crippen LogP contribution >= 0.6 is 11.3 Å². The maximum atomic E-state index is 5.57. The summed E-state index contributed by atoms with van der Waals surface area (Å²) in [5.41, 5.74) is 1.75. The largest absolute Gasteiger partial charge is 0.418 e. The van der Waals surface area contributed by atoms with Crippen molar-refractivity contribution in [1.82, 2.24) is 20.5 Å². The summed E-state index contributed by atoms with van der Waals surface area (Å²) in [5, 5.41) is 11.3. The first kappa shape index (κ1) is 11.2. The fourth-order valence-corrected chi connectivity index (χ4v) is 1.82. The van der Waals surface area contributed by atoms with E-state index in [1.165, 1.54) is 11.3 Å². The molecule has 1 N–H and O–H groups in total. The van der Waals surface area contributed by atoms with E-state index in [9.17, 15) is 0 Å². The van der Waals surface area contributed by atoms with E-state index in [0.717, 1.165) is 17.8 Å². The van der Waals surface area contributed by atoms with Gasteiger partial charge in [0.1, 0.15) is 4.88 Å². The van der Waals surface area contributed by atoms with Crippen molar-refractivity contribution in [3.8, 4) is 10.8 Å². The SMILES string of the molecule is CCCNC(C)c1nnc(-c2cncs2)o1. The maximum absolute atomic E-state index is 5.57. The van der Waals surface area contributed by atoms with E-state index in [0.29, 0.717) is 11.8 Å². The molecule has 2 heterocycles. The van der Waals surface area contributed by atoms with E-state index in [1.807, 2.05) is 6.92 Å². The zero-order valence-corrected chi connectivity index (χ0v) is 10.1. The molecule has 0 aromatic carbocycles. The average Bonchev–Trinajstić information content (AvgIpc) is 2.94. The van der Waals surface area contributed by atoms with Gasteiger partial charge in [-0.05, 0) is 19.9 Å². The van der Waals surface area contributed by atoms with Crippen molar-refractivity contribution in [2.45, 2.75) is 26.3 Å². The van der Waals surface area contributed by atoms with Crippen molar-refractivity contribution in [1.29, 1.82) is 0 Å². The molecular formula is C10H14N4OS. The molecule has 0 saturated carbocycles. The van der Waals surface area contributed by atoms with E-state index < -0.39 is 0 Å². The van der Waals surface area contributed by atoms with Gasteiger partial charge in [0.15, 0.2) is 0 Å². The lowest BCUT2D eigenvalue weighted by molar-refractivity contribution is 0.423. The van der Waals surface area contributed by atoms with Crippen molar-refractivity contribution < 1.29 is 4.42 Å². The topological polar surface area (TPSA) is 63.8 Å². The van der Waals surface area contributed by atoms with Crippen LogP contribution in [0.25, 0.3) is 10.8 Å². The van der Waals surface area contributed by atoms with Gasteiger partial charge < -0.3 is 9.73 Å². The Morgan fingerprint density at radius 1 is 1.50 bits per heavy atom. The average molecular weight is 238 g/mol. The van der Waals surface area contributed by atoms with Gasteiger partial charge in [0.25, 0.3) is 5.89 Å². The number of aromatic nitrogens is 3. The molecule has 16 heavy (non-hydrogen) atoms. The summed E-state index contributed by atoms with van der Waals surface area (Å²) < 4.78 is 5.57. The highest BCUT2D eigenvalue weighted by Gasteiger charge is 2.14. The molecule has 0 amide bonds. The minimum atomic E-state index is 0.0918. The van der Waals surface area contributed by atoms with E-state index in [-0.39, 0.29) is 6.04 Å². The molecule has 0 saturated heterocycles. The minimum Gasteiger partial charge on any atom is -0.418 e. The van der Waals surface area contributed by atoms with Crippen LogP contribution in [0, 0.1) is 0 Å². The minimum absolute atomic E-state index is 0.0918. The summed E-state index contributed by atoms with van der Waals surface area (Å²) in [6, 6.07) is 0.0918. The van der Waals surface area contributed by atoms with E-state index in [1.54, 1.807) is 11.7 Å². The Labute approximate surface area is 97.9 Å². The van der Waals surface area contributed by atoms with Crippen LogP contribution in [0.1, 0.15) is 32.2 Å². The molecule has 5 nitrogen and oxygen atoms in total. The summed E-state index contributed by atoms with van der Waals surface area (Å²) in [6.45, 7) is 5.08. The predicted molar refractivity (Wildman–Crippen MR) is 62.1 cm³/mol. The van der Waals surface area contributed by atoms with E-state index in [2.05, 4.69) is 27.4 Å². The first-order valence-electron chi connectivity index (χ1n) is 5.27. The van der Waals surface area contributed by atoms with Crippen molar-refractivity contribution in [2.75, 3.05) is 6.54 Å². The third-order valence-corrected chi connectivity index (χ3v) is 2.92. The fourth-order valence-electron chi connectivity index (χ4n) is 1.28. The van der Waals surface area contributed by atoms with Crippen LogP contribution in [0.5, 0.6) is 0 Å². The molecule has 0 aliphatic heterocycles. The number of hydrogen-bond donors (Lipinski definition) is 1. The number of thiazole rings is 1. The number of hydrogen-bond acceptors (Lipinski definition) is 6. The quantitative estimate of drug-likeness (QED) is 0.865. The van der Waals surface area contributed by atoms with Gasteiger partial charge in [-0.1, -0.05) is 6.92 Å². The molecule has 1 atom stereocenters. The van der Waals surface area contributed by atoms with Crippen LogP contribution in [0.2, 0.25) is 0 Å². The van der Waals surface area contributed by atoms with Gasteiger partial charge in [0.05, 0.1) is 17.7 Å². The summed E-state index contributed by atoms with van der Waals surface area (Å²) >= 11 is 1.49. The molecule has 86 valence electrons. The second-order valence-electron chi connectivity index (χ2n) is 3.49. The first-order valence-corrected chi connectivity index (χ1v) is 6.15. The third-order valence-electron chi connectivity index (χ3n) is 2.15. The van der Waals surface area contributed by atoms with Gasteiger partial charge in [0.2, 0.25) is 5.89 Å². The summed E-state index contributed by atoms with van der Waals surface area (Å²) in [6.07, 6.45) is 2.81. The van der Waals surface area contributed by atoms with E-state index in [4.69, 9.17) is 4.42 Å². The van der Waals surface area contributed by atoms with Crippen LogP contribution in [0.3, 0.4) is 0 Å². The Balaban J connectivity index is 2.07. The highest BCUT2D eigenvalue weighted by Crippen LogP contribution is 2.23. The lowest BCUT2D eigenvalue weighted by atomic mass is 10.3. The summed E-state index contributed by atoms with van der Waals surface area (Å²) in [4.78, 5) is 4.88. The van der Waals surface area contributed by atoms with Gasteiger partial charge >= 0.3 is 0 Å². The van der Waals surface area contributed by atoms with Crippen molar-refractivity contribution >= 4 is 11.3 Å².